The number of para-hydroxylation sites is 1. The number of carbonyl (C=O) groups excluding carboxylic acids is 2. The molecule has 0 radical (unpaired) electrons. The summed E-state index contributed by atoms with van der Waals surface area (Å²) in [6, 6.07) is 17.9. The molecule has 4 rings (SSSR count). The largest absolute Gasteiger partial charge is 0.368 e. The van der Waals surface area contributed by atoms with Gasteiger partial charge in [-0.3, -0.25) is 14.6 Å². The fourth-order valence-electron chi connectivity index (χ4n) is 3.84. The number of nitrogens with zero attached hydrogens (tertiary/aromatic N) is 3. The monoisotopic (exact) mass is 448 g/mol. The van der Waals surface area contributed by atoms with Gasteiger partial charge in [0.1, 0.15) is 0 Å². The maximum Gasteiger partial charge on any atom is 0.234 e. The minimum atomic E-state index is -0.0449. The second kappa shape index (κ2) is 10.0. The van der Waals surface area contributed by atoms with Crippen molar-refractivity contribution in [1.82, 2.24) is 9.88 Å². The van der Waals surface area contributed by atoms with Gasteiger partial charge in [0, 0.05) is 60.0 Å². The molecule has 0 unspecified atom stereocenters. The normalized spacial score (nSPS) is 14.1. The molecule has 2 aromatic carbocycles. The molecule has 1 saturated heterocycles. The number of hydrogen-bond donors (Lipinski definition) is 1. The molecule has 7 heteroatoms. The van der Waals surface area contributed by atoms with Crippen molar-refractivity contribution in [3.63, 3.8) is 0 Å². The van der Waals surface area contributed by atoms with Gasteiger partial charge < -0.3 is 15.1 Å². The molecule has 0 aliphatic carbocycles. The van der Waals surface area contributed by atoms with Gasteiger partial charge >= 0.3 is 0 Å². The standard InChI is InChI=1S/C25H28N4O2S/c1-18(2)25(31)29-15-13-28(14-16-29)21-10-8-20(9-11-21)27-23(30)17-32-22-7-3-5-19-6-4-12-26-24(19)22/h3-12,18H,13-17H2,1-2H3,(H,27,30). The molecule has 1 N–H and O–H groups in total. The summed E-state index contributed by atoms with van der Waals surface area (Å²) < 4.78 is 0. The van der Waals surface area contributed by atoms with Crippen LogP contribution in [0.3, 0.4) is 0 Å². The molecule has 166 valence electrons. The quantitative estimate of drug-likeness (QED) is 0.571. The van der Waals surface area contributed by atoms with E-state index in [1.165, 1.54) is 11.8 Å². The fourth-order valence-corrected chi connectivity index (χ4v) is 4.68. The number of hydrogen-bond acceptors (Lipinski definition) is 5. The molecule has 32 heavy (non-hydrogen) atoms. The lowest BCUT2D eigenvalue weighted by atomic mass is 10.1. The first-order chi connectivity index (χ1) is 15.5. The molecule has 0 spiro atoms. The molecule has 0 saturated carbocycles. The Kier molecular flexibility index (Phi) is 6.95. The molecule has 1 aliphatic heterocycles. The van der Waals surface area contributed by atoms with Crippen molar-refractivity contribution in [2.75, 3.05) is 42.1 Å². The minimum absolute atomic E-state index is 0.0412. The average molecular weight is 449 g/mol. The second-order valence-electron chi connectivity index (χ2n) is 8.18. The lowest BCUT2D eigenvalue weighted by molar-refractivity contribution is -0.134. The van der Waals surface area contributed by atoms with Gasteiger partial charge in [0.2, 0.25) is 11.8 Å². The number of nitrogens with one attached hydrogen (secondary N) is 1. The highest BCUT2D eigenvalue weighted by atomic mass is 32.2. The first-order valence-electron chi connectivity index (χ1n) is 10.9. The second-order valence-corrected chi connectivity index (χ2v) is 9.20. The molecule has 1 aromatic heterocycles. The molecule has 1 fully saturated rings. The van der Waals surface area contributed by atoms with Crippen LogP contribution in [-0.4, -0.2) is 53.6 Å². The van der Waals surface area contributed by atoms with Gasteiger partial charge in [0.05, 0.1) is 11.3 Å². The number of rotatable bonds is 6. The van der Waals surface area contributed by atoms with Crippen LogP contribution in [0.2, 0.25) is 0 Å². The van der Waals surface area contributed by atoms with Crippen molar-refractivity contribution in [1.29, 1.82) is 0 Å². The molecule has 0 atom stereocenters. The third kappa shape index (κ3) is 5.22. The summed E-state index contributed by atoms with van der Waals surface area (Å²) in [5, 5.41) is 4.05. The van der Waals surface area contributed by atoms with E-state index in [0.717, 1.165) is 53.4 Å². The summed E-state index contributed by atoms with van der Waals surface area (Å²) in [4.78, 5) is 34.3. The summed E-state index contributed by atoms with van der Waals surface area (Å²) in [7, 11) is 0. The minimum Gasteiger partial charge on any atom is -0.368 e. The topological polar surface area (TPSA) is 65.5 Å². The molecule has 2 amide bonds. The van der Waals surface area contributed by atoms with Gasteiger partial charge in [-0.2, -0.15) is 0 Å². The number of thioether (sulfide) groups is 1. The van der Waals surface area contributed by atoms with Gasteiger partial charge in [0.25, 0.3) is 0 Å². The lowest BCUT2D eigenvalue weighted by Crippen LogP contribution is -2.49. The maximum atomic E-state index is 12.5. The van der Waals surface area contributed by atoms with E-state index in [9.17, 15) is 9.59 Å². The van der Waals surface area contributed by atoms with Crippen molar-refractivity contribution in [3.05, 3.63) is 60.8 Å². The lowest BCUT2D eigenvalue weighted by Gasteiger charge is -2.37. The van der Waals surface area contributed by atoms with E-state index in [0.29, 0.717) is 5.75 Å². The van der Waals surface area contributed by atoms with E-state index in [4.69, 9.17) is 0 Å². The molecule has 2 heterocycles. The van der Waals surface area contributed by atoms with Crippen LogP contribution in [0.15, 0.2) is 65.7 Å². The Morgan fingerprint density at radius 1 is 1.00 bits per heavy atom. The van der Waals surface area contributed by atoms with E-state index in [2.05, 4.69) is 15.2 Å². The van der Waals surface area contributed by atoms with Crippen LogP contribution in [0.1, 0.15) is 13.8 Å². The number of fused-ring (bicyclic) bond motifs is 1. The Morgan fingerprint density at radius 3 is 2.44 bits per heavy atom. The highest BCUT2D eigenvalue weighted by molar-refractivity contribution is 8.00. The van der Waals surface area contributed by atoms with E-state index < -0.39 is 0 Å². The summed E-state index contributed by atoms with van der Waals surface area (Å²) in [5.74, 6) is 0.541. The zero-order valence-electron chi connectivity index (χ0n) is 18.5. The van der Waals surface area contributed by atoms with Gasteiger partial charge in [-0.1, -0.05) is 32.0 Å². The third-order valence-corrected chi connectivity index (χ3v) is 6.60. The van der Waals surface area contributed by atoms with Crippen molar-refractivity contribution >= 4 is 45.9 Å². The van der Waals surface area contributed by atoms with Crippen molar-refractivity contribution in [2.24, 2.45) is 5.92 Å². The Labute approximate surface area is 193 Å². The summed E-state index contributed by atoms with van der Waals surface area (Å²) in [6.07, 6.45) is 1.77. The summed E-state index contributed by atoms with van der Waals surface area (Å²) in [6.45, 7) is 7.02. The number of amides is 2. The Balaban J connectivity index is 1.29. The van der Waals surface area contributed by atoms with E-state index in [1.54, 1.807) is 6.20 Å². The first kappa shape index (κ1) is 22.1. The summed E-state index contributed by atoms with van der Waals surface area (Å²) in [5.41, 5.74) is 2.81. The molecule has 0 bridgehead atoms. The molecular weight excluding hydrogens is 420 g/mol. The van der Waals surface area contributed by atoms with E-state index in [1.807, 2.05) is 73.3 Å². The van der Waals surface area contributed by atoms with Gasteiger partial charge in [0.15, 0.2) is 0 Å². The average Bonchev–Trinajstić information content (AvgIpc) is 2.83. The van der Waals surface area contributed by atoms with Crippen LogP contribution < -0.4 is 10.2 Å². The number of aromatic nitrogens is 1. The smallest absolute Gasteiger partial charge is 0.234 e. The van der Waals surface area contributed by atoms with Crippen LogP contribution in [0.5, 0.6) is 0 Å². The van der Waals surface area contributed by atoms with Crippen LogP contribution in [0, 0.1) is 5.92 Å². The SMILES string of the molecule is CC(C)C(=O)N1CCN(c2ccc(NC(=O)CSc3cccc4cccnc34)cc2)CC1. The zero-order valence-corrected chi connectivity index (χ0v) is 19.3. The molecular formula is C25H28N4O2S. The highest BCUT2D eigenvalue weighted by Crippen LogP contribution is 2.26. The van der Waals surface area contributed by atoms with Crippen molar-refractivity contribution in [2.45, 2.75) is 18.7 Å². The molecule has 6 nitrogen and oxygen atoms in total. The third-order valence-electron chi connectivity index (χ3n) is 5.56. The van der Waals surface area contributed by atoms with Crippen LogP contribution in [0.4, 0.5) is 11.4 Å². The predicted octanol–water partition coefficient (Wildman–Crippen LogP) is 4.27. The molecule has 3 aromatic rings. The summed E-state index contributed by atoms with van der Waals surface area (Å²) >= 11 is 1.49. The first-order valence-corrected chi connectivity index (χ1v) is 11.9. The predicted molar refractivity (Wildman–Crippen MR) is 131 cm³/mol. The number of carbonyl (C=O) groups is 2. The van der Waals surface area contributed by atoms with Crippen molar-refractivity contribution < 1.29 is 9.59 Å². The number of anilines is 2. The zero-order chi connectivity index (χ0) is 22.5. The van der Waals surface area contributed by atoms with Crippen LogP contribution in [-0.2, 0) is 9.59 Å². The van der Waals surface area contributed by atoms with Crippen LogP contribution in [0.25, 0.3) is 10.9 Å². The van der Waals surface area contributed by atoms with Gasteiger partial charge in [-0.05, 0) is 36.4 Å². The Bertz CT molecular complexity index is 1090. The van der Waals surface area contributed by atoms with Gasteiger partial charge in [-0.15, -0.1) is 11.8 Å². The van der Waals surface area contributed by atoms with Gasteiger partial charge in [-0.25, -0.2) is 0 Å². The van der Waals surface area contributed by atoms with E-state index >= 15 is 0 Å². The van der Waals surface area contributed by atoms with E-state index in [-0.39, 0.29) is 17.7 Å². The number of benzene rings is 2. The Hall–Kier alpha value is -3.06. The Morgan fingerprint density at radius 2 is 1.72 bits per heavy atom. The number of piperazine rings is 1. The highest BCUT2D eigenvalue weighted by Gasteiger charge is 2.22. The molecule has 1 aliphatic rings. The maximum absolute atomic E-state index is 12.5. The van der Waals surface area contributed by atoms with Crippen molar-refractivity contribution in [3.8, 4) is 0 Å². The van der Waals surface area contributed by atoms with Crippen LogP contribution >= 0.6 is 11.8 Å². The number of pyridine rings is 1. The fraction of sp³-hybridized carbons (Fsp3) is 0.320.